The molecule has 0 aromatic carbocycles. The van der Waals surface area contributed by atoms with Crippen LogP contribution in [0, 0.1) is 0 Å². The fourth-order valence-electron chi connectivity index (χ4n) is 1.57. The second-order valence-corrected chi connectivity index (χ2v) is 7.25. The second-order valence-electron chi connectivity index (χ2n) is 5.12. The van der Waals surface area contributed by atoms with Gasteiger partial charge in [0.1, 0.15) is 5.60 Å². The molecule has 1 N–H and O–H groups in total. The molecular weight excluding hydrogens is 304 g/mol. The summed E-state index contributed by atoms with van der Waals surface area (Å²) >= 11 is 4.90. The quantitative estimate of drug-likeness (QED) is 0.910. The number of amides is 1. The van der Waals surface area contributed by atoms with Crippen LogP contribution >= 0.6 is 27.3 Å². The van der Waals surface area contributed by atoms with Gasteiger partial charge in [-0.05, 0) is 43.1 Å². The number of nitrogens with one attached hydrogen (secondary N) is 1. The summed E-state index contributed by atoms with van der Waals surface area (Å²) in [7, 11) is 0. The maximum atomic E-state index is 11.5. The fourth-order valence-corrected chi connectivity index (χ4v) is 2.66. The fraction of sp³-hybridized carbons (Fsp3) is 0.636. The minimum absolute atomic E-state index is 0.166. The lowest BCUT2D eigenvalue weighted by Crippen LogP contribution is -2.34. The van der Waals surface area contributed by atoms with Gasteiger partial charge in [0, 0.05) is 17.3 Å². The van der Waals surface area contributed by atoms with Gasteiger partial charge in [0.2, 0.25) is 0 Å². The molecule has 6 heteroatoms. The summed E-state index contributed by atoms with van der Waals surface area (Å²) in [6.07, 6.45) is 0.592. The first-order valence-corrected chi connectivity index (χ1v) is 7.13. The number of thiazole rings is 1. The van der Waals surface area contributed by atoms with E-state index in [9.17, 15) is 4.79 Å². The maximum Gasteiger partial charge on any atom is 0.407 e. The Kier molecular flexibility index (Phi) is 3.45. The standard InChI is InChI=1S/C11H15BrN2O2S/c1-11(2,3)16-10(15)14-7-4-6(7)8-5-17-9(12)13-8/h5-7H,4H2,1-3H3,(H,14,15). The molecular formula is C11H15BrN2O2S. The summed E-state index contributed by atoms with van der Waals surface area (Å²) in [5.74, 6) is 0.338. The van der Waals surface area contributed by atoms with Gasteiger partial charge in [-0.1, -0.05) is 0 Å². The van der Waals surface area contributed by atoms with Gasteiger partial charge in [-0.25, -0.2) is 9.78 Å². The normalized spacial score (nSPS) is 23.3. The van der Waals surface area contributed by atoms with E-state index in [0.717, 1.165) is 16.0 Å². The van der Waals surface area contributed by atoms with Gasteiger partial charge in [-0.2, -0.15) is 0 Å². The van der Waals surface area contributed by atoms with E-state index in [2.05, 4.69) is 26.2 Å². The highest BCUT2D eigenvalue weighted by atomic mass is 79.9. The van der Waals surface area contributed by atoms with Gasteiger partial charge >= 0.3 is 6.09 Å². The number of ether oxygens (including phenoxy) is 1. The summed E-state index contributed by atoms with van der Waals surface area (Å²) in [6.45, 7) is 5.57. The molecule has 0 radical (unpaired) electrons. The number of halogens is 1. The van der Waals surface area contributed by atoms with E-state index in [4.69, 9.17) is 4.74 Å². The Morgan fingerprint density at radius 3 is 2.88 bits per heavy atom. The van der Waals surface area contributed by atoms with E-state index >= 15 is 0 Å². The number of nitrogens with zero attached hydrogens (tertiary/aromatic N) is 1. The SMILES string of the molecule is CC(C)(C)OC(=O)NC1CC1c1csc(Br)n1. The minimum Gasteiger partial charge on any atom is -0.444 e. The van der Waals surface area contributed by atoms with Crippen molar-refractivity contribution in [3.8, 4) is 0 Å². The number of alkyl carbamates (subject to hydrolysis) is 1. The molecule has 1 fully saturated rings. The van der Waals surface area contributed by atoms with Crippen molar-refractivity contribution >= 4 is 33.4 Å². The molecule has 1 aromatic rings. The first-order chi connectivity index (χ1) is 7.85. The van der Waals surface area contributed by atoms with Crippen LogP contribution < -0.4 is 5.32 Å². The van der Waals surface area contributed by atoms with Crippen molar-refractivity contribution in [3.05, 3.63) is 15.0 Å². The van der Waals surface area contributed by atoms with Crippen LogP contribution in [0.15, 0.2) is 9.30 Å². The molecule has 1 aromatic heterocycles. The van der Waals surface area contributed by atoms with Crippen molar-refractivity contribution < 1.29 is 9.53 Å². The molecule has 0 saturated heterocycles. The zero-order valence-corrected chi connectivity index (χ0v) is 12.4. The van der Waals surface area contributed by atoms with E-state index in [0.29, 0.717) is 5.92 Å². The zero-order chi connectivity index (χ0) is 12.6. The van der Waals surface area contributed by atoms with Crippen molar-refractivity contribution in [2.45, 2.75) is 44.8 Å². The molecule has 2 rings (SSSR count). The van der Waals surface area contributed by atoms with E-state index in [1.807, 2.05) is 26.2 Å². The third-order valence-corrected chi connectivity index (χ3v) is 3.75. The smallest absolute Gasteiger partial charge is 0.407 e. The van der Waals surface area contributed by atoms with Crippen LogP contribution in [0.1, 0.15) is 38.8 Å². The van der Waals surface area contributed by atoms with E-state index < -0.39 is 5.60 Å². The highest BCUT2D eigenvalue weighted by molar-refractivity contribution is 9.11. The molecule has 94 valence electrons. The molecule has 0 spiro atoms. The molecule has 1 saturated carbocycles. The average Bonchev–Trinajstić information content (AvgIpc) is 2.75. The van der Waals surface area contributed by atoms with Gasteiger partial charge in [0.15, 0.2) is 3.92 Å². The Bertz CT molecular complexity index is 427. The average molecular weight is 319 g/mol. The zero-order valence-electron chi connectivity index (χ0n) is 9.99. The van der Waals surface area contributed by atoms with Crippen molar-refractivity contribution in [1.29, 1.82) is 0 Å². The number of hydrogen-bond acceptors (Lipinski definition) is 4. The Hall–Kier alpha value is -0.620. The molecule has 2 unspecified atom stereocenters. The molecule has 1 aliphatic carbocycles. The number of rotatable bonds is 2. The van der Waals surface area contributed by atoms with Gasteiger partial charge in [0.05, 0.1) is 5.69 Å². The molecule has 0 bridgehead atoms. The highest BCUT2D eigenvalue weighted by Crippen LogP contribution is 2.41. The lowest BCUT2D eigenvalue weighted by molar-refractivity contribution is 0.0523. The molecule has 1 heterocycles. The van der Waals surface area contributed by atoms with Crippen LogP contribution in [0.2, 0.25) is 0 Å². The lowest BCUT2D eigenvalue weighted by atomic mass is 10.2. The third-order valence-electron chi connectivity index (χ3n) is 2.37. The molecule has 17 heavy (non-hydrogen) atoms. The number of aromatic nitrogens is 1. The number of carbonyl (C=O) groups is 1. The molecule has 4 nitrogen and oxygen atoms in total. The largest absolute Gasteiger partial charge is 0.444 e. The summed E-state index contributed by atoms with van der Waals surface area (Å²) in [6, 6.07) is 0.166. The van der Waals surface area contributed by atoms with Crippen LogP contribution in [0.5, 0.6) is 0 Å². The number of hydrogen-bond donors (Lipinski definition) is 1. The molecule has 0 aliphatic heterocycles. The van der Waals surface area contributed by atoms with E-state index in [1.165, 1.54) is 0 Å². The predicted octanol–water partition coefficient (Wildman–Crippen LogP) is 3.29. The van der Waals surface area contributed by atoms with Crippen molar-refractivity contribution in [3.63, 3.8) is 0 Å². The van der Waals surface area contributed by atoms with Crippen molar-refractivity contribution in [1.82, 2.24) is 10.3 Å². The Labute approximate surface area is 113 Å². The summed E-state index contributed by atoms with van der Waals surface area (Å²) < 4.78 is 6.09. The highest BCUT2D eigenvalue weighted by Gasteiger charge is 2.41. The van der Waals surface area contributed by atoms with Crippen LogP contribution in [-0.4, -0.2) is 22.7 Å². The summed E-state index contributed by atoms with van der Waals surface area (Å²) in [5, 5.41) is 4.88. The van der Waals surface area contributed by atoms with Crippen LogP contribution in [0.25, 0.3) is 0 Å². The molecule has 1 amide bonds. The third kappa shape index (κ3) is 3.67. The predicted molar refractivity (Wildman–Crippen MR) is 70.3 cm³/mol. The molecule has 1 aliphatic rings. The van der Waals surface area contributed by atoms with Gasteiger partial charge in [-0.3, -0.25) is 0 Å². The first-order valence-electron chi connectivity index (χ1n) is 5.45. The van der Waals surface area contributed by atoms with Crippen LogP contribution in [0.4, 0.5) is 4.79 Å². The second kappa shape index (κ2) is 4.57. The van der Waals surface area contributed by atoms with E-state index in [1.54, 1.807) is 11.3 Å². The van der Waals surface area contributed by atoms with Gasteiger partial charge in [0.25, 0.3) is 0 Å². The lowest BCUT2D eigenvalue weighted by Gasteiger charge is -2.19. The van der Waals surface area contributed by atoms with Crippen molar-refractivity contribution in [2.24, 2.45) is 0 Å². The van der Waals surface area contributed by atoms with Crippen LogP contribution in [-0.2, 0) is 4.74 Å². The first kappa shape index (κ1) is 12.8. The molecule has 2 atom stereocenters. The van der Waals surface area contributed by atoms with E-state index in [-0.39, 0.29) is 12.1 Å². The summed E-state index contributed by atoms with van der Waals surface area (Å²) in [4.78, 5) is 15.9. The minimum atomic E-state index is -0.446. The van der Waals surface area contributed by atoms with Crippen molar-refractivity contribution in [2.75, 3.05) is 0 Å². The Balaban J connectivity index is 1.82. The van der Waals surface area contributed by atoms with Gasteiger partial charge < -0.3 is 10.1 Å². The topological polar surface area (TPSA) is 51.2 Å². The number of carbonyl (C=O) groups excluding carboxylic acids is 1. The Morgan fingerprint density at radius 1 is 1.65 bits per heavy atom. The summed E-state index contributed by atoms with van der Waals surface area (Å²) in [5.41, 5.74) is 0.598. The van der Waals surface area contributed by atoms with Crippen LogP contribution in [0.3, 0.4) is 0 Å². The van der Waals surface area contributed by atoms with Gasteiger partial charge in [-0.15, -0.1) is 11.3 Å². The maximum absolute atomic E-state index is 11.5. The monoisotopic (exact) mass is 318 g/mol. The Morgan fingerprint density at radius 2 is 2.35 bits per heavy atom.